The molecular weight excluding hydrogens is 156 g/mol. The molecule has 13 heavy (non-hydrogen) atoms. The van der Waals surface area contributed by atoms with Gasteiger partial charge in [0.1, 0.15) is 0 Å². The lowest BCUT2D eigenvalue weighted by molar-refractivity contribution is 0.756. The Bertz CT molecular complexity index is 291. The van der Waals surface area contributed by atoms with Gasteiger partial charge in [0.2, 0.25) is 0 Å². The van der Waals surface area contributed by atoms with E-state index in [0.717, 1.165) is 19.3 Å². The lowest BCUT2D eigenvalue weighted by Gasteiger charge is -2.00. The molecule has 0 atom stereocenters. The first-order chi connectivity index (χ1) is 6.33. The van der Waals surface area contributed by atoms with Gasteiger partial charge in [-0.25, -0.2) is 0 Å². The first-order valence-corrected chi connectivity index (χ1v) is 4.82. The Morgan fingerprint density at radius 3 is 2.85 bits per heavy atom. The van der Waals surface area contributed by atoms with Crippen LogP contribution in [-0.2, 0) is 6.42 Å². The highest BCUT2D eigenvalue weighted by Crippen LogP contribution is 2.08. The first-order valence-electron chi connectivity index (χ1n) is 4.82. The van der Waals surface area contributed by atoms with Gasteiger partial charge in [-0.15, -0.1) is 12.3 Å². The zero-order chi connectivity index (χ0) is 9.52. The highest BCUT2D eigenvalue weighted by atomic mass is 14.0. The van der Waals surface area contributed by atoms with Crippen molar-refractivity contribution in [2.24, 2.45) is 0 Å². The summed E-state index contributed by atoms with van der Waals surface area (Å²) in [7, 11) is 0. The summed E-state index contributed by atoms with van der Waals surface area (Å²) in [5, 5.41) is 0. The van der Waals surface area contributed by atoms with Crippen molar-refractivity contribution in [1.82, 2.24) is 0 Å². The van der Waals surface area contributed by atoms with E-state index in [-0.39, 0.29) is 0 Å². The third kappa shape index (κ3) is 3.80. The summed E-state index contributed by atoms with van der Waals surface area (Å²) >= 11 is 0. The fraction of sp³-hybridized carbons (Fsp3) is 0.385. The molecule has 0 unspecified atom stereocenters. The van der Waals surface area contributed by atoms with Crippen LogP contribution in [0.2, 0.25) is 0 Å². The van der Waals surface area contributed by atoms with Gasteiger partial charge >= 0.3 is 0 Å². The highest BCUT2D eigenvalue weighted by Gasteiger charge is 1.92. The van der Waals surface area contributed by atoms with Gasteiger partial charge in [0.15, 0.2) is 0 Å². The Morgan fingerprint density at radius 1 is 1.31 bits per heavy atom. The van der Waals surface area contributed by atoms with Crippen molar-refractivity contribution in [1.29, 1.82) is 0 Å². The quantitative estimate of drug-likeness (QED) is 0.482. The monoisotopic (exact) mass is 172 g/mol. The number of hydrogen-bond donors (Lipinski definition) is 0. The Hall–Kier alpha value is -1.22. The number of aryl methyl sites for hydroxylation is 2. The van der Waals surface area contributed by atoms with Crippen molar-refractivity contribution < 1.29 is 0 Å². The smallest absolute Gasteiger partial charge is 0.00861 e. The van der Waals surface area contributed by atoms with Gasteiger partial charge in [0, 0.05) is 6.42 Å². The van der Waals surface area contributed by atoms with Crippen LogP contribution in [-0.4, -0.2) is 0 Å². The van der Waals surface area contributed by atoms with E-state index in [9.17, 15) is 0 Å². The largest absolute Gasteiger partial charge is 0.120 e. The lowest BCUT2D eigenvalue weighted by atomic mass is 10.1. The minimum absolute atomic E-state index is 0.909. The molecule has 0 heteroatoms. The minimum Gasteiger partial charge on any atom is -0.120 e. The number of unbranched alkanes of at least 4 members (excludes halogenated alkanes) is 2. The van der Waals surface area contributed by atoms with Crippen LogP contribution in [0, 0.1) is 19.3 Å². The SMILES string of the molecule is C#CCCCCc1cccc(C)c1. The molecule has 0 spiro atoms. The van der Waals surface area contributed by atoms with E-state index < -0.39 is 0 Å². The number of hydrogen-bond acceptors (Lipinski definition) is 0. The second-order valence-electron chi connectivity index (χ2n) is 3.40. The van der Waals surface area contributed by atoms with Crippen LogP contribution in [0.1, 0.15) is 30.4 Å². The van der Waals surface area contributed by atoms with E-state index in [1.54, 1.807) is 0 Å². The summed E-state index contributed by atoms with van der Waals surface area (Å²) < 4.78 is 0. The molecule has 0 radical (unpaired) electrons. The van der Waals surface area contributed by atoms with Crippen molar-refractivity contribution in [2.45, 2.75) is 32.6 Å². The predicted molar refractivity (Wildman–Crippen MR) is 57.6 cm³/mol. The van der Waals surface area contributed by atoms with E-state index >= 15 is 0 Å². The molecular formula is C13H16. The standard InChI is InChI=1S/C13H16/c1-3-4-5-6-9-13-10-7-8-12(2)11-13/h1,7-8,10-11H,4-6,9H2,2H3. The van der Waals surface area contributed by atoms with E-state index in [0.29, 0.717) is 0 Å². The summed E-state index contributed by atoms with van der Waals surface area (Å²) in [6.07, 6.45) is 9.59. The second kappa shape index (κ2) is 5.43. The minimum atomic E-state index is 0.909. The van der Waals surface area contributed by atoms with Crippen molar-refractivity contribution in [3.8, 4) is 12.3 Å². The lowest BCUT2D eigenvalue weighted by Crippen LogP contribution is -1.85. The molecule has 1 rings (SSSR count). The highest BCUT2D eigenvalue weighted by molar-refractivity contribution is 5.22. The van der Waals surface area contributed by atoms with Crippen LogP contribution < -0.4 is 0 Å². The third-order valence-corrected chi connectivity index (χ3v) is 2.12. The average Bonchev–Trinajstić information content (AvgIpc) is 2.13. The topological polar surface area (TPSA) is 0 Å². The molecule has 0 aromatic heterocycles. The maximum absolute atomic E-state index is 5.18. The molecule has 0 saturated heterocycles. The number of rotatable bonds is 4. The fourth-order valence-electron chi connectivity index (χ4n) is 1.42. The normalized spacial score (nSPS) is 9.54. The van der Waals surface area contributed by atoms with Gasteiger partial charge in [-0.1, -0.05) is 29.8 Å². The maximum atomic E-state index is 5.18. The molecule has 0 aliphatic carbocycles. The van der Waals surface area contributed by atoms with Crippen LogP contribution in [0.3, 0.4) is 0 Å². The summed E-state index contributed by atoms with van der Waals surface area (Å²) in [6.45, 7) is 2.13. The molecule has 0 fully saturated rings. The first kappa shape index (κ1) is 9.86. The summed E-state index contributed by atoms with van der Waals surface area (Å²) in [6, 6.07) is 8.68. The number of benzene rings is 1. The molecule has 0 aliphatic heterocycles. The summed E-state index contributed by atoms with van der Waals surface area (Å²) in [5.41, 5.74) is 2.77. The predicted octanol–water partition coefficient (Wildman–Crippen LogP) is 3.34. The van der Waals surface area contributed by atoms with Gasteiger partial charge in [0.05, 0.1) is 0 Å². The van der Waals surface area contributed by atoms with Crippen LogP contribution in [0.5, 0.6) is 0 Å². The Labute approximate surface area is 81.0 Å². The molecule has 68 valence electrons. The molecule has 0 bridgehead atoms. The molecule has 0 N–H and O–H groups in total. The molecule has 1 aromatic rings. The van der Waals surface area contributed by atoms with E-state index in [2.05, 4.69) is 37.1 Å². The fourth-order valence-corrected chi connectivity index (χ4v) is 1.42. The molecule has 0 heterocycles. The molecule has 1 aromatic carbocycles. The van der Waals surface area contributed by atoms with Crippen LogP contribution >= 0.6 is 0 Å². The molecule has 0 nitrogen and oxygen atoms in total. The zero-order valence-corrected chi connectivity index (χ0v) is 8.22. The maximum Gasteiger partial charge on any atom is 0.00861 e. The van der Waals surface area contributed by atoms with Crippen LogP contribution in [0.15, 0.2) is 24.3 Å². The van der Waals surface area contributed by atoms with Crippen molar-refractivity contribution in [3.05, 3.63) is 35.4 Å². The molecule has 0 amide bonds. The Kier molecular flexibility index (Phi) is 4.12. The van der Waals surface area contributed by atoms with Crippen LogP contribution in [0.25, 0.3) is 0 Å². The van der Waals surface area contributed by atoms with Crippen molar-refractivity contribution in [2.75, 3.05) is 0 Å². The summed E-state index contributed by atoms with van der Waals surface area (Å²) in [4.78, 5) is 0. The van der Waals surface area contributed by atoms with Crippen LogP contribution in [0.4, 0.5) is 0 Å². The van der Waals surface area contributed by atoms with Gasteiger partial charge in [-0.05, 0) is 31.7 Å². The Morgan fingerprint density at radius 2 is 2.15 bits per heavy atom. The third-order valence-electron chi connectivity index (χ3n) is 2.12. The van der Waals surface area contributed by atoms with Gasteiger partial charge in [-0.3, -0.25) is 0 Å². The van der Waals surface area contributed by atoms with Crippen molar-refractivity contribution in [3.63, 3.8) is 0 Å². The van der Waals surface area contributed by atoms with E-state index in [4.69, 9.17) is 6.42 Å². The van der Waals surface area contributed by atoms with Gasteiger partial charge in [0.25, 0.3) is 0 Å². The number of terminal acetylenes is 1. The van der Waals surface area contributed by atoms with Gasteiger partial charge in [-0.2, -0.15) is 0 Å². The molecule has 0 aliphatic rings. The second-order valence-corrected chi connectivity index (χ2v) is 3.40. The Balaban J connectivity index is 2.33. The van der Waals surface area contributed by atoms with Crippen molar-refractivity contribution >= 4 is 0 Å². The summed E-state index contributed by atoms with van der Waals surface area (Å²) in [5.74, 6) is 2.67. The zero-order valence-electron chi connectivity index (χ0n) is 8.22. The average molecular weight is 172 g/mol. The van der Waals surface area contributed by atoms with Gasteiger partial charge < -0.3 is 0 Å². The van der Waals surface area contributed by atoms with E-state index in [1.165, 1.54) is 17.5 Å². The van der Waals surface area contributed by atoms with E-state index in [1.807, 2.05) is 0 Å². The molecule has 0 saturated carbocycles.